The predicted molar refractivity (Wildman–Crippen MR) is 87.0 cm³/mol. The van der Waals surface area contributed by atoms with E-state index in [0.29, 0.717) is 0 Å². The first kappa shape index (κ1) is 16.3. The zero-order valence-corrected chi connectivity index (χ0v) is 14.4. The molecule has 0 aliphatic heterocycles. The fourth-order valence-electron chi connectivity index (χ4n) is 3.61. The van der Waals surface area contributed by atoms with E-state index in [1.807, 2.05) is 0 Å². The average molecular weight is 269 g/mol. The van der Waals surface area contributed by atoms with Crippen molar-refractivity contribution < 1.29 is 0 Å². The summed E-state index contributed by atoms with van der Waals surface area (Å²) in [5, 5.41) is 0. The summed E-state index contributed by atoms with van der Waals surface area (Å²) in [6, 6.07) is 1.60. The van der Waals surface area contributed by atoms with Crippen LogP contribution in [-0.2, 0) is 0 Å². The van der Waals surface area contributed by atoms with E-state index >= 15 is 0 Å². The summed E-state index contributed by atoms with van der Waals surface area (Å²) in [7, 11) is -0.901. The lowest BCUT2D eigenvalue weighted by atomic mass is 9.90. The summed E-state index contributed by atoms with van der Waals surface area (Å²) in [5.74, 6) is 1.01. The van der Waals surface area contributed by atoms with Gasteiger partial charge >= 0.3 is 0 Å². The highest BCUT2D eigenvalue weighted by molar-refractivity contribution is 6.78. The second-order valence-electron chi connectivity index (χ2n) is 7.46. The number of rotatable bonds is 8. The molecule has 1 aliphatic rings. The summed E-state index contributed by atoms with van der Waals surface area (Å²) in [6.45, 7) is 10.1. The maximum absolute atomic E-state index is 2.67. The Bertz CT molecular complexity index is 202. The quantitative estimate of drug-likeness (QED) is 0.342. The van der Waals surface area contributed by atoms with Gasteiger partial charge in [-0.3, -0.25) is 0 Å². The molecule has 0 aromatic heterocycles. The smallest absolute Gasteiger partial charge is 0.0504 e. The van der Waals surface area contributed by atoms with Gasteiger partial charge in [0.15, 0.2) is 0 Å². The fourth-order valence-corrected chi connectivity index (χ4v) is 7.07. The molecule has 108 valence electrons. The van der Waals surface area contributed by atoms with Crippen LogP contribution in [0.5, 0.6) is 0 Å². The lowest BCUT2D eigenvalue weighted by Crippen LogP contribution is -2.34. The highest BCUT2D eigenvalue weighted by Crippen LogP contribution is 2.41. The fraction of sp³-hybridized carbons (Fsp3) is 1.00. The van der Waals surface area contributed by atoms with Crippen molar-refractivity contribution in [1.29, 1.82) is 0 Å². The summed E-state index contributed by atoms with van der Waals surface area (Å²) < 4.78 is 0. The van der Waals surface area contributed by atoms with Crippen LogP contribution in [0.15, 0.2) is 0 Å². The van der Waals surface area contributed by atoms with E-state index in [-0.39, 0.29) is 0 Å². The molecular formula is C17H36Si. The largest absolute Gasteiger partial charge is 0.0691 e. The van der Waals surface area contributed by atoms with E-state index in [4.69, 9.17) is 0 Å². The van der Waals surface area contributed by atoms with Crippen molar-refractivity contribution in [1.82, 2.24) is 0 Å². The van der Waals surface area contributed by atoms with Crippen LogP contribution < -0.4 is 0 Å². The van der Waals surface area contributed by atoms with Crippen molar-refractivity contribution in [2.24, 2.45) is 5.92 Å². The highest BCUT2D eigenvalue weighted by atomic mass is 28.3. The van der Waals surface area contributed by atoms with Crippen LogP contribution in [0.4, 0.5) is 0 Å². The third-order valence-electron chi connectivity index (χ3n) is 5.30. The topological polar surface area (TPSA) is 0 Å². The first-order valence-electron chi connectivity index (χ1n) is 8.56. The molecule has 1 aliphatic carbocycles. The molecular weight excluding hydrogens is 232 g/mol. The molecule has 0 atom stereocenters. The summed E-state index contributed by atoms with van der Waals surface area (Å²) in [6.07, 6.45) is 14.9. The molecule has 0 aromatic carbocycles. The van der Waals surface area contributed by atoms with Crippen molar-refractivity contribution in [2.75, 3.05) is 0 Å². The molecule has 1 rings (SSSR count). The van der Waals surface area contributed by atoms with Crippen LogP contribution in [0, 0.1) is 5.92 Å². The maximum atomic E-state index is 2.67. The van der Waals surface area contributed by atoms with Crippen molar-refractivity contribution in [2.45, 2.75) is 103 Å². The van der Waals surface area contributed by atoms with Gasteiger partial charge in [0, 0.05) is 0 Å². The number of unbranched alkanes of at least 4 members (excludes halogenated alkanes) is 5. The van der Waals surface area contributed by atoms with Crippen LogP contribution in [0.2, 0.25) is 24.7 Å². The minimum atomic E-state index is -0.901. The summed E-state index contributed by atoms with van der Waals surface area (Å²) in [4.78, 5) is 0. The minimum Gasteiger partial charge on any atom is -0.0691 e. The lowest BCUT2D eigenvalue weighted by Gasteiger charge is -2.37. The number of hydrogen-bond donors (Lipinski definition) is 0. The first-order chi connectivity index (χ1) is 8.56. The molecule has 1 fully saturated rings. The Morgan fingerprint density at radius 2 is 1.39 bits per heavy atom. The van der Waals surface area contributed by atoms with E-state index in [2.05, 4.69) is 26.9 Å². The molecule has 1 saturated carbocycles. The second kappa shape index (κ2) is 8.40. The predicted octanol–water partition coefficient (Wildman–Crippen LogP) is 6.64. The van der Waals surface area contributed by atoms with Crippen molar-refractivity contribution in [3.05, 3.63) is 0 Å². The van der Waals surface area contributed by atoms with Crippen LogP contribution in [0.3, 0.4) is 0 Å². The van der Waals surface area contributed by atoms with Crippen LogP contribution in [0.1, 0.15) is 78.1 Å². The van der Waals surface area contributed by atoms with Gasteiger partial charge < -0.3 is 0 Å². The average Bonchev–Trinajstić information content (AvgIpc) is 2.34. The molecule has 0 amide bonds. The van der Waals surface area contributed by atoms with Gasteiger partial charge in [-0.05, 0) is 11.5 Å². The van der Waals surface area contributed by atoms with Gasteiger partial charge in [-0.2, -0.15) is 0 Å². The molecule has 0 saturated heterocycles. The van der Waals surface area contributed by atoms with Gasteiger partial charge in [0.05, 0.1) is 8.07 Å². The zero-order valence-electron chi connectivity index (χ0n) is 13.4. The highest BCUT2D eigenvalue weighted by Gasteiger charge is 2.33. The molecule has 0 spiro atoms. The van der Waals surface area contributed by atoms with Gasteiger partial charge in [-0.1, -0.05) is 97.2 Å². The van der Waals surface area contributed by atoms with Crippen molar-refractivity contribution in [3.8, 4) is 0 Å². The Morgan fingerprint density at radius 1 is 0.833 bits per heavy atom. The monoisotopic (exact) mass is 268 g/mol. The molecule has 0 N–H and O–H groups in total. The van der Waals surface area contributed by atoms with E-state index in [1.165, 1.54) is 51.4 Å². The maximum Gasteiger partial charge on any atom is 0.0504 e. The van der Waals surface area contributed by atoms with E-state index < -0.39 is 8.07 Å². The third-order valence-corrected chi connectivity index (χ3v) is 9.73. The standard InChI is InChI=1S/C17H36Si/c1-5-6-7-8-9-10-15-18(3,4)17-13-11-16(2)12-14-17/h16-17H,5-15H2,1-4H3. The second-order valence-corrected chi connectivity index (χ2v) is 12.8. The van der Waals surface area contributed by atoms with Gasteiger partial charge in [0.1, 0.15) is 0 Å². The molecule has 0 heterocycles. The molecule has 0 bridgehead atoms. The van der Waals surface area contributed by atoms with Crippen LogP contribution >= 0.6 is 0 Å². The Balaban J connectivity index is 2.14. The summed E-state index contributed by atoms with van der Waals surface area (Å²) in [5.41, 5.74) is 1.14. The third kappa shape index (κ3) is 5.91. The molecule has 1 heteroatoms. The van der Waals surface area contributed by atoms with E-state index in [1.54, 1.807) is 18.9 Å². The molecule has 0 radical (unpaired) electrons. The molecule has 0 aromatic rings. The number of hydrogen-bond acceptors (Lipinski definition) is 0. The SMILES string of the molecule is CCCCCCCC[Si](C)(C)C1CCC(C)CC1. The van der Waals surface area contributed by atoms with Crippen LogP contribution in [-0.4, -0.2) is 8.07 Å². The minimum absolute atomic E-state index is 0.901. The normalized spacial score (nSPS) is 25.3. The first-order valence-corrected chi connectivity index (χ1v) is 11.8. The van der Waals surface area contributed by atoms with E-state index in [9.17, 15) is 0 Å². The van der Waals surface area contributed by atoms with Gasteiger partial charge in [0.25, 0.3) is 0 Å². The van der Waals surface area contributed by atoms with Crippen molar-refractivity contribution in [3.63, 3.8) is 0 Å². The Morgan fingerprint density at radius 3 is 2.00 bits per heavy atom. The Hall–Kier alpha value is 0.217. The van der Waals surface area contributed by atoms with Gasteiger partial charge in [-0.25, -0.2) is 0 Å². The van der Waals surface area contributed by atoms with Crippen LogP contribution in [0.25, 0.3) is 0 Å². The molecule has 0 unspecified atom stereocenters. The Labute approximate surface area is 117 Å². The van der Waals surface area contributed by atoms with Gasteiger partial charge in [0.2, 0.25) is 0 Å². The zero-order chi connectivity index (χ0) is 13.4. The lowest BCUT2D eigenvalue weighted by molar-refractivity contribution is 0.378. The summed E-state index contributed by atoms with van der Waals surface area (Å²) >= 11 is 0. The Kier molecular flexibility index (Phi) is 7.59. The molecule has 18 heavy (non-hydrogen) atoms. The van der Waals surface area contributed by atoms with Crippen molar-refractivity contribution >= 4 is 8.07 Å². The van der Waals surface area contributed by atoms with E-state index in [0.717, 1.165) is 11.5 Å². The van der Waals surface area contributed by atoms with Gasteiger partial charge in [-0.15, -0.1) is 0 Å². The molecule has 0 nitrogen and oxygen atoms in total.